The van der Waals surface area contributed by atoms with Crippen molar-refractivity contribution in [3.63, 3.8) is 0 Å². The molecule has 3 rings (SSSR count). The molecule has 118 valence electrons. The third-order valence-corrected chi connectivity index (χ3v) is 5.46. The van der Waals surface area contributed by atoms with Crippen molar-refractivity contribution in [1.82, 2.24) is 9.80 Å². The Hall–Kier alpha value is -1.69. The lowest BCUT2D eigenvalue weighted by atomic mass is 10.1. The fourth-order valence-corrected chi connectivity index (χ4v) is 4.30. The van der Waals surface area contributed by atoms with Crippen LogP contribution >= 0.6 is 11.3 Å². The van der Waals surface area contributed by atoms with E-state index in [1.807, 2.05) is 19.9 Å². The summed E-state index contributed by atoms with van der Waals surface area (Å²) in [6, 6.07) is 1.71. The zero-order valence-electron chi connectivity index (χ0n) is 12.9. The van der Waals surface area contributed by atoms with E-state index >= 15 is 0 Å². The standard InChI is InChI=1S/C16H20N2O3S/c1-10-7-13(11(2)22-10)14(19)8-18-15(20)9-17(16(18)21)12-5-3-4-6-12/h7,12H,3-6,8-9H2,1-2H3. The number of ketones is 1. The van der Waals surface area contributed by atoms with Gasteiger partial charge >= 0.3 is 6.03 Å². The second-order valence-electron chi connectivity index (χ2n) is 6.08. The summed E-state index contributed by atoms with van der Waals surface area (Å²) >= 11 is 1.56. The summed E-state index contributed by atoms with van der Waals surface area (Å²) in [5, 5.41) is 0. The monoisotopic (exact) mass is 320 g/mol. The van der Waals surface area contributed by atoms with E-state index in [9.17, 15) is 14.4 Å². The molecule has 0 N–H and O–H groups in total. The molecule has 0 unspecified atom stereocenters. The Morgan fingerprint density at radius 3 is 2.55 bits per heavy atom. The number of rotatable bonds is 4. The Balaban J connectivity index is 1.72. The zero-order valence-corrected chi connectivity index (χ0v) is 13.7. The molecule has 0 aromatic carbocycles. The van der Waals surface area contributed by atoms with E-state index in [0.717, 1.165) is 40.3 Å². The number of carbonyl (C=O) groups is 3. The van der Waals surface area contributed by atoms with Gasteiger partial charge in [-0.1, -0.05) is 12.8 Å². The molecule has 1 aliphatic carbocycles. The van der Waals surface area contributed by atoms with Gasteiger partial charge in [0, 0.05) is 21.4 Å². The first-order valence-electron chi connectivity index (χ1n) is 7.68. The summed E-state index contributed by atoms with van der Waals surface area (Å²) in [5.41, 5.74) is 0.627. The molecule has 1 aliphatic heterocycles. The van der Waals surface area contributed by atoms with Crippen molar-refractivity contribution in [3.05, 3.63) is 21.4 Å². The van der Waals surface area contributed by atoms with E-state index in [0.29, 0.717) is 5.56 Å². The van der Waals surface area contributed by atoms with Crippen LogP contribution in [-0.4, -0.2) is 46.7 Å². The lowest BCUT2D eigenvalue weighted by Gasteiger charge is -2.22. The van der Waals surface area contributed by atoms with Gasteiger partial charge in [0.25, 0.3) is 5.91 Å². The molecule has 1 saturated carbocycles. The molecule has 22 heavy (non-hydrogen) atoms. The maximum absolute atomic E-state index is 12.4. The fraction of sp³-hybridized carbons (Fsp3) is 0.562. The van der Waals surface area contributed by atoms with Crippen LogP contribution < -0.4 is 0 Å². The Kier molecular flexibility index (Phi) is 4.04. The average Bonchev–Trinajstić information content (AvgIpc) is 3.15. The number of aryl methyl sites for hydroxylation is 2. The normalized spacial score (nSPS) is 19.5. The van der Waals surface area contributed by atoms with Crippen molar-refractivity contribution < 1.29 is 14.4 Å². The van der Waals surface area contributed by atoms with E-state index in [1.54, 1.807) is 16.2 Å². The largest absolute Gasteiger partial charge is 0.327 e. The summed E-state index contributed by atoms with van der Waals surface area (Å²) in [6.07, 6.45) is 4.14. The van der Waals surface area contributed by atoms with E-state index < -0.39 is 0 Å². The molecule has 0 radical (unpaired) electrons. The second-order valence-corrected chi connectivity index (χ2v) is 7.54. The maximum atomic E-state index is 12.4. The molecule has 2 fully saturated rings. The summed E-state index contributed by atoms with van der Waals surface area (Å²) in [5.74, 6) is -0.410. The third kappa shape index (κ3) is 2.67. The number of nitrogens with zero attached hydrogens (tertiary/aromatic N) is 2. The molecular weight excluding hydrogens is 300 g/mol. The lowest BCUT2D eigenvalue weighted by Crippen LogP contribution is -2.40. The Bertz CT molecular complexity index is 631. The SMILES string of the molecule is Cc1cc(C(=O)CN2C(=O)CN(C3CCCC3)C2=O)c(C)s1. The van der Waals surface area contributed by atoms with Crippen molar-refractivity contribution in [2.24, 2.45) is 0 Å². The second kappa shape index (κ2) is 5.83. The lowest BCUT2D eigenvalue weighted by molar-refractivity contribution is -0.125. The molecule has 2 aliphatic rings. The minimum atomic E-state index is -0.296. The van der Waals surface area contributed by atoms with Crippen molar-refractivity contribution >= 4 is 29.1 Å². The molecule has 0 bridgehead atoms. The van der Waals surface area contributed by atoms with Crippen LogP contribution in [0.4, 0.5) is 4.79 Å². The molecule has 0 atom stereocenters. The molecule has 2 heterocycles. The Morgan fingerprint density at radius 1 is 1.27 bits per heavy atom. The highest BCUT2D eigenvalue weighted by atomic mass is 32.1. The minimum absolute atomic E-state index is 0.123. The molecule has 3 amide bonds. The Labute approximate surface area is 133 Å². The van der Waals surface area contributed by atoms with Crippen LogP contribution in [0.15, 0.2) is 6.07 Å². The average molecular weight is 320 g/mol. The Morgan fingerprint density at radius 2 is 1.95 bits per heavy atom. The van der Waals surface area contributed by atoms with Gasteiger partial charge in [-0.3, -0.25) is 14.5 Å². The molecular formula is C16H20N2O3S. The van der Waals surface area contributed by atoms with E-state index in [4.69, 9.17) is 0 Å². The molecule has 0 spiro atoms. The smallest absolute Gasteiger partial charge is 0.312 e. The predicted octanol–water partition coefficient (Wildman–Crippen LogP) is 2.75. The van der Waals surface area contributed by atoms with E-state index in [-0.39, 0.29) is 36.9 Å². The van der Waals surface area contributed by atoms with Crippen molar-refractivity contribution in [3.8, 4) is 0 Å². The number of hydrogen-bond donors (Lipinski definition) is 0. The summed E-state index contributed by atoms with van der Waals surface area (Å²) in [4.78, 5) is 41.7. The highest BCUT2D eigenvalue weighted by molar-refractivity contribution is 7.12. The zero-order chi connectivity index (χ0) is 15.9. The van der Waals surface area contributed by atoms with Crippen LogP contribution in [0.5, 0.6) is 0 Å². The third-order valence-electron chi connectivity index (χ3n) is 4.49. The number of urea groups is 1. The van der Waals surface area contributed by atoms with Gasteiger partial charge < -0.3 is 4.90 Å². The topological polar surface area (TPSA) is 57.7 Å². The van der Waals surface area contributed by atoms with Crippen LogP contribution in [0.3, 0.4) is 0 Å². The van der Waals surface area contributed by atoms with Gasteiger partial charge in [0.15, 0.2) is 5.78 Å². The summed E-state index contributed by atoms with van der Waals surface area (Å²) in [6.45, 7) is 3.82. The van der Waals surface area contributed by atoms with Crippen molar-refractivity contribution in [2.45, 2.75) is 45.6 Å². The van der Waals surface area contributed by atoms with Gasteiger partial charge in [0.1, 0.15) is 6.54 Å². The first-order chi connectivity index (χ1) is 10.5. The number of imide groups is 1. The molecule has 1 aromatic rings. The maximum Gasteiger partial charge on any atom is 0.327 e. The van der Waals surface area contributed by atoms with Crippen LogP contribution in [0.2, 0.25) is 0 Å². The summed E-state index contributed by atoms with van der Waals surface area (Å²) < 4.78 is 0. The van der Waals surface area contributed by atoms with Gasteiger partial charge in [0.2, 0.25) is 0 Å². The van der Waals surface area contributed by atoms with E-state index in [2.05, 4.69) is 0 Å². The van der Waals surface area contributed by atoms with Crippen LogP contribution in [0.25, 0.3) is 0 Å². The van der Waals surface area contributed by atoms with Gasteiger partial charge in [-0.25, -0.2) is 4.79 Å². The van der Waals surface area contributed by atoms with Gasteiger partial charge in [-0.2, -0.15) is 0 Å². The van der Waals surface area contributed by atoms with E-state index in [1.165, 1.54) is 0 Å². The predicted molar refractivity (Wildman–Crippen MR) is 84.2 cm³/mol. The highest BCUT2D eigenvalue weighted by Crippen LogP contribution is 2.27. The number of hydrogen-bond acceptors (Lipinski definition) is 4. The van der Waals surface area contributed by atoms with Crippen molar-refractivity contribution in [2.75, 3.05) is 13.1 Å². The quantitative estimate of drug-likeness (QED) is 0.633. The number of carbonyl (C=O) groups excluding carboxylic acids is 3. The fourth-order valence-electron chi connectivity index (χ4n) is 3.35. The number of Topliss-reactive ketones (excluding diaryl/α,β-unsaturated/α-hetero) is 1. The number of thiophene rings is 1. The molecule has 6 heteroatoms. The van der Waals surface area contributed by atoms with Gasteiger partial charge in [-0.05, 0) is 32.8 Å². The van der Waals surface area contributed by atoms with Crippen LogP contribution in [-0.2, 0) is 4.79 Å². The van der Waals surface area contributed by atoms with Crippen LogP contribution in [0, 0.1) is 13.8 Å². The summed E-state index contributed by atoms with van der Waals surface area (Å²) in [7, 11) is 0. The van der Waals surface area contributed by atoms with Gasteiger partial charge in [0.05, 0.1) is 6.54 Å². The molecule has 1 saturated heterocycles. The number of amides is 3. The highest BCUT2D eigenvalue weighted by Gasteiger charge is 2.41. The molecule has 5 nitrogen and oxygen atoms in total. The molecule has 1 aromatic heterocycles. The first kappa shape index (κ1) is 15.2. The van der Waals surface area contributed by atoms with Gasteiger partial charge in [-0.15, -0.1) is 11.3 Å². The minimum Gasteiger partial charge on any atom is -0.312 e. The van der Waals surface area contributed by atoms with Crippen LogP contribution in [0.1, 0.15) is 45.8 Å². The van der Waals surface area contributed by atoms with Crippen molar-refractivity contribution in [1.29, 1.82) is 0 Å². The first-order valence-corrected chi connectivity index (χ1v) is 8.50.